The minimum absolute atomic E-state index is 0.133. The number of nitrogens with zero attached hydrogens (tertiary/aromatic N) is 1. The molecule has 1 atom stereocenters. The van der Waals surface area contributed by atoms with Crippen LogP contribution in [0.1, 0.15) is 65.2 Å². The molecule has 0 aromatic rings. The number of carbonyl (C=O) groups excluding carboxylic acids is 1. The van der Waals surface area contributed by atoms with Crippen molar-refractivity contribution in [3.8, 4) is 6.07 Å². The molecule has 0 aliphatic rings. The smallest absolute Gasteiger partial charge is 0.326 e. The summed E-state index contributed by atoms with van der Waals surface area (Å²) in [6.07, 6.45) is 4.77. The van der Waals surface area contributed by atoms with Gasteiger partial charge in [-0.25, -0.2) is 0 Å². The summed E-state index contributed by atoms with van der Waals surface area (Å²) in [5.74, 6) is -1.25. The zero-order chi connectivity index (χ0) is 15.4. The Hall–Kier alpha value is -1.57. The first-order valence-corrected chi connectivity index (χ1v) is 7.32. The highest BCUT2D eigenvalue weighted by Crippen LogP contribution is 2.32. The standard InChI is InChI=1S/C15H25NO4/c1-3-5-10-15(12-16,14(19)20-4-2)11-8-6-7-9-13(17)18/h3-11H2,1-2H3,(H,17,18). The molecule has 0 aromatic heterocycles. The van der Waals surface area contributed by atoms with Crippen molar-refractivity contribution in [3.05, 3.63) is 0 Å². The van der Waals surface area contributed by atoms with Gasteiger partial charge in [-0.2, -0.15) is 5.26 Å². The molecule has 0 rings (SSSR count). The maximum absolute atomic E-state index is 12.0. The van der Waals surface area contributed by atoms with E-state index in [-0.39, 0.29) is 13.0 Å². The number of carbonyl (C=O) groups is 2. The average molecular weight is 283 g/mol. The number of hydrogen-bond donors (Lipinski definition) is 1. The topological polar surface area (TPSA) is 87.4 Å². The molecule has 0 saturated heterocycles. The Labute approximate surface area is 120 Å². The third-order valence-corrected chi connectivity index (χ3v) is 3.33. The summed E-state index contributed by atoms with van der Waals surface area (Å²) in [6.45, 7) is 4.01. The minimum atomic E-state index is -1.06. The summed E-state index contributed by atoms with van der Waals surface area (Å²) in [5, 5.41) is 18.0. The molecule has 0 aliphatic carbocycles. The number of hydrogen-bond acceptors (Lipinski definition) is 4. The number of esters is 1. The summed E-state index contributed by atoms with van der Waals surface area (Å²) < 4.78 is 5.04. The molecule has 0 bridgehead atoms. The van der Waals surface area contributed by atoms with E-state index in [0.29, 0.717) is 32.1 Å². The van der Waals surface area contributed by atoms with Crippen LogP contribution in [0.3, 0.4) is 0 Å². The molecule has 1 unspecified atom stereocenters. The van der Waals surface area contributed by atoms with Gasteiger partial charge in [-0.3, -0.25) is 9.59 Å². The number of unbranched alkanes of at least 4 members (excludes halogenated alkanes) is 3. The van der Waals surface area contributed by atoms with Gasteiger partial charge in [0.1, 0.15) is 0 Å². The lowest BCUT2D eigenvalue weighted by Crippen LogP contribution is -2.31. The Morgan fingerprint density at radius 2 is 1.80 bits per heavy atom. The third kappa shape index (κ3) is 6.55. The Balaban J connectivity index is 4.47. The van der Waals surface area contributed by atoms with Crippen molar-refractivity contribution in [1.29, 1.82) is 5.26 Å². The summed E-state index contributed by atoms with van der Waals surface area (Å²) in [6, 6.07) is 2.14. The lowest BCUT2D eigenvalue weighted by Gasteiger charge is -2.24. The van der Waals surface area contributed by atoms with Gasteiger partial charge in [0, 0.05) is 6.42 Å². The number of rotatable bonds is 11. The molecule has 0 radical (unpaired) electrons. The van der Waals surface area contributed by atoms with Crippen LogP contribution in [0.15, 0.2) is 0 Å². The monoisotopic (exact) mass is 283 g/mol. The predicted octanol–water partition coefficient (Wildman–Crippen LogP) is 3.28. The van der Waals surface area contributed by atoms with Crippen LogP contribution in [0.5, 0.6) is 0 Å². The molecule has 0 amide bonds. The largest absolute Gasteiger partial charge is 0.481 e. The molecule has 0 aliphatic heterocycles. The quantitative estimate of drug-likeness (QED) is 0.464. The van der Waals surface area contributed by atoms with Crippen LogP contribution in [0, 0.1) is 16.7 Å². The Morgan fingerprint density at radius 3 is 2.30 bits per heavy atom. The first kappa shape index (κ1) is 18.4. The van der Waals surface area contributed by atoms with E-state index < -0.39 is 17.4 Å². The lowest BCUT2D eigenvalue weighted by molar-refractivity contribution is -0.153. The molecule has 0 spiro atoms. The van der Waals surface area contributed by atoms with Gasteiger partial charge < -0.3 is 9.84 Å². The summed E-state index contributed by atoms with van der Waals surface area (Å²) in [7, 11) is 0. The summed E-state index contributed by atoms with van der Waals surface area (Å²) in [4.78, 5) is 22.5. The highest BCUT2D eigenvalue weighted by molar-refractivity contribution is 5.80. The molecule has 1 N–H and O–H groups in total. The first-order chi connectivity index (χ1) is 9.52. The molecule has 0 fully saturated rings. The Bertz CT molecular complexity index is 348. The molecule has 5 heteroatoms. The second kappa shape index (κ2) is 10.2. The van der Waals surface area contributed by atoms with Crippen LogP contribution in [-0.2, 0) is 14.3 Å². The second-order valence-electron chi connectivity index (χ2n) is 4.97. The van der Waals surface area contributed by atoms with Crippen molar-refractivity contribution in [2.45, 2.75) is 65.2 Å². The van der Waals surface area contributed by atoms with Gasteiger partial charge in [0.05, 0.1) is 12.7 Å². The Kier molecular flexibility index (Phi) is 9.44. The van der Waals surface area contributed by atoms with Crippen molar-refractivity contribution >= 4 is 11.9 Å². The van der Waals surface area contributed by atoms with E-state index in [1.807, 2.05) is 6.92 Å². The number of ether oxygens (including phenoxy) is 1. The first-order valence-electron chi connectivity index (χ1n) is 7.32. The molecule has 0 heterocycles. The number of nitriles is 1. The molecular formula is C15H25NO4. The van der Waals surface area contributed by atoms with Gasteiger partial charge in [0.15, 0.2) is 5.41 Å². The summed E-state index contributed by atoms with van der Waals surface area (Å²) >= 11 is 0. The van der Waals surface area contributed by atoms with Crippen LogP contribution in [-0.4, -0.2) is 23.7 Å². The van der Waals surface area contributed by atoms with E-state index in [0.717, 1.165) is 12.8 Å². The van der Waals surface area contributed by atoms with Crippen molar-refractivity contribution in [2.24, 2.45) is 5.41 Å². The van der Waals surface area contributed by atoms with Gasteiger partial charge in [0.25, 0.3) is 0 Å². The van der Waals surface area contributed by atoms with Crippen molar-refractivity contribution in [3.63, 3.8) is 0 Å². The van der Waals surface area contributed by atoms with Crippen LogP contribution in [0.2, 0.25) is 0 Å². The zero-order valence-corrected chi connectivity index (χ0v) is 12.5. The summed E-state index contributed by atoms with van der Waals surface area (Å²) in [5.41, 5.74) is -1.06. The lowest BCUT2D eigenvalue weighted by atomic mass is 9.79. The second-order valence-corrected chi connectivity index (χ2v) is 4.97. The zero-order valence-electron chi connectivity index (χ0n) is 12.5. The van der Waals surface area contributed by atoms with E-state index in [1.54, 1.807) is 6.92 Å². The molecular weight excluding hydrogens is 258 g/mol. The third-order valence-electron chi connectivity index (χ3n) is 3.33. The number of carboxylic acids is 1. The predicted molar refractivity (Wildman–Crippen MR) is 74.9 cm³/mol. The highest BCUT2D eigenvalue weighted by Gasteiger charge is 2.39. The fourth-order valence-corrected chi connectivity index (χ4v) is 2.11. The van der Waals surface area contributed by atoms with Crippen molar-refractivity contribution < 1.29 is 19.4 Å². The maximum Gasteiger partial charge on any atom is 0.326 e. The van der Waals surface area contributed by atoms with E-state index in [9.17, 15) is 14.9 Å². The fourth-order valence-electron chi connectivity index (χ4n) is 2.11. The SMILES string of the molecule is CCCCC(C#N)(CCCCCC(=O)O)C(=O)OCC. The fraction of sp³-hybridized carbons (Fsp3) is 0.800. The molecule has 114 valence electrons. The molecule has 0 aromatic carbocycles. The van der Waals surface area contributed by atoms with E-state index in [4.69, 9.17) is 9.84 Å². The van der Waals surface area contributed by atoms with E-state index in [2.05, 4.69) is 6.07 Å². The van der Waals surface area contributed by atoms with Gasteiger partial charge in [-0.05, 0) is 26.2 Å². The van der Waals surface area contributed by atoms with Gasteiger partial charge in [-0.1, -0.05) is 32.6 Å². The van der Waals surface area contributed by atoms with E-state index in [1.165, 1.54) is 0 Å². The minimum Gasteiger partial charge on any atom is -0.481 e. The normalized spacial score (nSPS) is 13.2. The Morgan fingerprint density at radius 1 is 1.15 bits per heavy atom. The van der Waals surface area contributed by atoms with Gasteiger partial charge in [0.2, 0.25) is 0 Å². The number of aliphatic carboxylic acids is 1. The van der Waals surface area contributed by atoms with Crippen LogP contribution in [0.4, 0.5) is 0 Å². The van der Waals surface area contributed by atoms with Gasteiger partial charge >= 0.3 is 11.9 Å². The average Bonchev–Trinajstić information content (AvgIpc) is 2.42. The van der Waals surface area contributed by atoms with Crippen LogP contribution >= 0.6 is 0 Å². The van der Waals surface area contributed by atoms with Crippen LogP contribution in [0.25, 0.3) is 0 Å². The van der Waals surface area contributed by atoms with E-state index >= 15 is 0 Å². The van der Waals surface area contributed by atoms with Crippen LogP contribution < -0.4 is 0 Å². The molecule has 0 saturated carbocycles. The van der Waals surface area contributed by atoms with Gasteiger partial charge in [-0.15, -0.1) is 0 Å². The number of carboxylic acid groups (broad SMARTS) is 1. The maximum atomic E-state index is 12.0. The molecule has 5 nitrogen and oxygen atoms in total. The highest BCUT2D eigenvalue weighted by atomic mass is 16.5. The van der Waals surface area contributed by atoms with Crippen molar-refractivity contribution in [2.75, 3.05) is 6.61 Å². The molecule has 20 heavy (non-hydrogen) atoms. The van der Waals surface area contributed by atoms with Crippen molar-refractivity contribution in [1.82, 2.24) is 0 Å².